The lowest BCUT2D eigenvalue weighted by molar-refractivity contribution is 0.428. The van der Waals surface area contributed by atoms with Gasteiger partial charge in [-0.2, -0.15) is 0 Å². The molecule has 0 bridgehead atoms. The summed E-state index contributed by atoms with van der Waals surface area (Å²) in [6.45, 7) is 5.95. The van der Waals surface area contributed by atoms with Crippen LogP contribution in [0.4, 0.5) is 0 Å². The first-order chi connectivity index (χ1) is 7.93. The van der Waals surface area contributed by atoms with Crippen molar-refractivity contribution in [1.29, 1.82) is 0 Å². The second kappa shape index (κ2) is 4.42. The molecule has 0 saturated heterocycles. The fourth-order valence-electron chi connectivity index (χ4n) is 2.39. The quantitative estimate of drug-likeness (QED) is 0.879. The lowest BCUT2D eigenvalue weighted by atomic mass is 10.0. The third kappa shape index (κ3) is 2.24. The van der Waals surface area contributed by atoms with Crippen molar-refractivity contribution in [2.24, 2.45) is 0 Å². The van der Waals surface area contributed by atoms with E-state index in [1.807, 2.05) is 12.1 Å². The Labute approximate surface area is 103 Å². The molecule has 0 aromatic heterocycles. The maximum absolute atomic E-state index is 12.2. The number of sulfone groups is 1. The van der Waals surface area contributed by atoms with Crippen LogP contribution in [0.2, 0.25) is 0 Å². The fraction of sp³-hybridized carbons (Fsp3) is 0.538. The van der Waals surface area contributed by atoms with Crippen molar-refractivity contribution in [3.63, 3.8) is 0 Å². The monoisotopic (exact) mass is 253 g/mol. The Morgan fingerprint density at radius 2 is 1.94 bits per heavy atom. The molecule has 1 aliphatic heterocycles. The summed E-state index contributed by atoms with van der Waals surface area (Å²) >= 11 is 0. The van der Waals surface area contributed by atoms with Crippen LogP contribution >= 0.6 is 0 Å². The minimum absolute atomic E-state index is 0.143. The summed E-state index contributed by atoms with van der Waals surface area (Å²) in [5.74, 6) is 0. The lowest BCUT2D eigenvalue weighted by Crippen LogP contribution is -2.37. The van der Waals surface area contributed by atoms with Crippen LogP contribution in [-0.4, -0.2) is 19.7 Å². The molecule has 2 unspecified atom stereocenters. The van der Waals surface area contributed by atoms with Crippen molar-refractivity contribution in [3.8, 4) is 0 Å². The van der Waals surface area contributed by atoms with Crippen LogP contribution in [0.5, 0.6) is 0 Å². The molecule has 0 radical (unpaired) electrons. The Bertz CT molecular complexity index is 508. The van der Waals surface area contributed by atoms with Gasteiger partial charge < -0.3 is 5.32 Å². The molecule has 1 aromatic rings. The predicted octanol–water partition coefficient (Wildman–Crippen LogP) is 2.29. The van der Waals surface area contributed by atoms with Gasteiger partial charge in [0.1, 0.15) is 0 Å². The highest BCUT2D eigenvalue weighted by atomic mass is 32.2. The van der Waals surface area contributed by atoms with Crippen LogP contribution < -0.4 is 5.32 Å². The van der Waals surface area contributed by atoms with E-state index in [0.29, 0.717) is 17.4 Å². The largest absolute Gasteiger partial charge is 0.308 e. The van der Waals surface area contributed by atoms with Crippen LogP contribution in [0.25, 0.3) is 0 Å². The van der Waals surface area contributed by atoms with Gasteiger partial charge in [-0.05, 0) is 25.0 Å². The van der Waals surface area contributed by atoms with E-state index < -0.39 is 9.84 Å². The summed E-state index contributed by atoms with van der Waals surface area (Å²) in [6.07, 6.45) is 0.650. The second-order valence-electron chi connectivity index (χ2n) is 5.00. The van der Waals surface area contributed by atoms with Gasteiger partial charge in [0.15, 0.2) is 9.84 Å². The molecule has 1 heterocycles. The SMILES string of the molecule is CC(C)NC1CC(C)S(=O)(=O)c2ccccc21. The Kier molecular flexibility index (Phi) is 3.27. The van der Waals surface area contributed by atoms with Crippen molar-refractivity contribution < 1.29 is 8.42 Å². The Balaban J connectivity index is 2.50. The van der Waals surface area contributed by atoms with E-state index in [1.165, 1.54) is 0 Å². The molecule has 0 amide bonds. The first-order valence-electron chi connectivity index (χ1n) is 6.02. The van der Waals surface area contributed by atoms with Crippen LogP contribution in [0.3, 0.4) is 0 Å². The molecule has 1 N–H and O–H groups in total. The highest BCUT2D eigenvalue weighted by Crippen LogP contribution is 2.36. The zero-order valence-corrected chi connectivity index (χ0v) is 11.3. The number of hydrogen-bond donors (Lipinski definition) is 1. The van der Waals surface area contributed by atoms with E-state index in [4.69, 9.17) is 0 Å². The number of benzene rings is 1. The first kappa shape index (κ1) is 12.6. The lowest BCUT2D eigenvalue weighted by Gasteiger charge is -2.31. The van der Waals surface area contributed by atoms with Crippen molar-refractivity contribution in [3.05, 3.63) is 29.8 Å². The maximum atomic E-state index is 12.2. The van der Waals surface area contributed by atoms with E-state index in [2.05, 4.69) is 19.2 Å². The molecule has 1 aromatic carbocycles. The summed E-state index contributed by atoms with van der Waals surface area (Å²) in [5.41, 5.74) is 0.916. The van der Waals surface area contributed by atoms with Crippen molar-refractivity contribution in [2.45, 2.75) is 49.4 Å². The van der Waals surface area contributed by atoms with Crippen LogP contribution in [0.15, 0.2) is 29.2 Å². The number of hydrogen-bond acceptors (Lipinski definition) is 3. The van der Waals surface area contributed by atoms with Gasteiger partial charge in [0, 0.05) is 12.1 Å². The molecule has 94 valence electrons. The normalized spacial score (nSPS) is 26.8. The van der Waals surface area contributed by atoms with Gasteiger partial charge in [0.25, 0.3) is 0 Å². The highest BCUT2D eigenvalue weighted by molar-refractivity contribution is 7.92. The zero-order chi connectivity index (χ0) is 12.6. The van der Waals surface area contributed by atoms with E-state index in [9.17, 15) is 8.42 Å². The van der Waals surface area contributed by atoms with Gasteiger partial charge in [-0.3, -0.25) is 0 Å². The van der Waals surface area contributed by atoms with Crippen molar-refractivity contribution in [1.82, 2.24) is 5.32 Å². The second-order valence-corrected chi connectivity index (χ2v) is 7.34. The molecule has 2 rings (SSSR count). The smallest absolute Gasteiger partial charge is 0.181 e. The van der Waals surface area contributed by atoms with Crippen molar-refractivity contribution in [2.75, 3.05) is 0 Å². The van der Waals surface area contributed by atoms with Crippen LogP contribution in [-0.2, 0) is 9.84 Å². The fourth-order valence-corrected chi connectivity index (χ4v) is 4.08. The van der Waals surface area contributed by atoms with Gasteiger partial charge in [-0.25, -0.2) is 8.42 Å². The van der Waals surface area contributed by atoms with E-state index in [0.717, 1.165) is 5.56 Å². The summed E-state index contributed by atoms with van der Waals surface area (Å²) in [5, 5.41) is 3.13. The Morgan fingerprint density at radius 1 is 1.29 bits per heavy atom. The maximum Gasteiger partial charge on any atom is 0.181 e. The zero-order valence-electron chi connectivity index (χ0n) is 10.5. The molecule has 0 fully saturated rings. The van der Waals surface area contributed by atoms with E-state index in [-0.39, 0.29) is 11.3 Å². The number of rotatable bonds is 2. The molecule has 1 aliphatic rings. The minimum atomic E-state index is -3.13. The molecular weight excluding hydrogens is 234 g/mol. The summed E-state index contributed by atoms with van der Waals surface area (Å²) < 4.78 is 24.4. The molecule has 3 nitrogen and oxygen atoms in total. The third-order valence-electron chi connectivity index (χ3n) is 3.23. The molecule has 0 spiro atoms. The molecular formula is C13H19NO2S. The van der Waals surface area contributed by atoms with Crippen LogP contribution in [0, 0.1) is 0 Å². The molecule has 4 heteroatoms. The van der Waals surface area contributed by atoms with Crippen LogP contribution in [0.1, 0.15) is 38.8 Å². The number of fused-ring (bicyclic) bond motifs is 1. The van der Waals surface area contributed by atoms with Gasteiger partial charge in [0.2, 0.25) is 0 Å². The predicted molar refractivity (Wildman–Crippen MR) is 68.7 cm³/mol. The average molecular weight is 253 g/mol. The minimum Gasteiger partial charge on any atom is -0.308 e. The van der Waals surface area contributed by atoms with E-state index >= 15 is 0 Å². The Morgan fingerprint density at radius 3 is 2.59 bits per heavy atom. The van der Waals surface area contributed by atoms with Crippen molar-refractivity contribution >= 4 is 9.84 Å². The van der Waals surface area contributed by atoms with E-state index in [1.54, 1.807) is 19.1 Å². The van der Waals surface area contributed by atoms with Gasteiger partial charge in [-0.15, -0.1) is 0 Å². The number of nitrogens with one attached hydrogen (secondary N) is 1. The highest BCUT2D eigenvalue weighted by Gasteiger charge is 2.35. The van der Waals surface area contributed by atoms with Gasteiger partial charge in [0.05, 0.1) is 10.1 Å². The average Bonchev–Trinajstić information content (AvgIpc) is 2.26. The summed E-state index contributed by atoms with van der Waals surface area (Å²) in [6, 6.07) is 7.82. The molecule has 0 saturated carbocycles. The summed E-state index contributed by atoms with van der Waals surface area (Å²) in [4.78, 5) is 0.497. The Hall–Kier alpha value is -0.870. The first-order valence-corrected chi connectivity index (χ1v) is 7.56. The van der Waals surface area contributed by atoms with Gasteiger partial charge >= 0.3 is 0 Å². The van der Waals surface area contributed by atoms with Gasteiger partial charge in [-0.1, -0.05) is 32.0 Å². The summed E-state index contributed by atoms with van der Waals surface area (Å²) in [7, 11) is -3.13. The third-order valence-corrected chi connectivity index (χ3v) is 5.47. The molecule has 0 aliphatic carbocycles. The molecule has 17 heavy (non-hydrogen) atoms. The standard InChI is InChI=1S/C13H19NO2S/c1-9(2)14-12-8-10(3)17(15,16)13-7-5-4-6-11(12)13/h4-7,9-10,12,14H,8H2,1-3H3. The molecule has 2 atom stereocenters. The topological polar surface area (TPSA) is 46.2 Å².